The fourth-order valence-electron chi connectivity index (χ4n) is 3.14. The summed E-state index contributed by atoms with van der Waals surface area (Å²) in [5.74, 6) is -0.399. The Morgan fingerprint density at radius 2 is 2.04 bits per heavy atom. The largest absolute Gasteiger partial charge is 0.348 e. The number of thiophene rings is 1. The van der Waals surface area contributed by atoms with E-state index in [1.165, 1.54) is 0 Å². The van der Waals surface area contributed by atoms with Crippen molar-refractivity contribution < 1.29 is 14.4 Å². The van der Waals surface area contributed by atoms with Crippen molar-refractivity contribution in [1.82, 2.24) is 10.2 Å². The summed E-state index contributed by atoms with van der Waals surface area (Å²) in [7, 11) is 0. The van der Waals surface area contributed by atoms with E-state index in [4.69, 9.17) is 0 Å². The normalized spacial score (nSPS) is 14.5. The SMILES string of the molecule is Cc1ccc(C(=O)NCc2ccsc2)cc1NC(=O)CN1CCCCCC1=O. The maximum Gasteiger partial charge on any atom is 0.251 e. The molecule has 0 unspecified atom stereocenters. The van der Waals surface area contributed by atoms with Crippen molar-refractivity contribution in [2.24, 2.45) is 0 Å². The highest BCUT2D eigenvalue weighted by Gasteiger charge is 2.19. The smallest absolute Gasteiger partial charge is 0.251 e. The van der Waals surface area contributed by atoms with Gasteiger partial charge in [-0.3, -0.25) is 14.4 Å². The number of nitrogens with zero attached hydrogens (tertiary/aromatic N) is 1. The fourth-order valence-corrected chi connectivity index (χ4v) is 3.81. The molecule has 0 spiro atoms. The van der Waals surface area contributed by atoms with Crippen molar-refractivity contribution in [1.29, 1.82) is 0 Å². The van der Waals surface area contributed by atoms with E-state index in [2.05, 4.69) is 10.6 Å². The van der Waals surface area contributed by atoms with Crippen molar-refractivity contribution in [3.8, 4) is 0 Å². The second-order valence-electron chi connectivity index (χ2n) is 7.02. The molecule has 1 aliphatic heterocycles. The fraction of sp³-hybridized carbons (Fsp3) is 0.381. The van der Waals surface area contributed by atoms with Gasteiger partial charge in [-0.25, -0.2) is 0 Å². The van der Waals surface area contributed by atoms with Gasteiger partial charge in [0.15, 0.2) is 0 Å². The molecule has 2 aromatic rings. The maximum absolute atomic E-state index is 12.4. The average molecular weight is 400 g/mol. The number of amides is 3. The molecule has 0 atom stereocenters. The minimum absolute atomic E-state index is 0.0333. The molecule has 1 aliphatic rings. The summed E-state index contributed by atoms with van der Waals surface area (Å²) in [6, 6.07) is 7.20. The van der Waals surface area contributed by atoms with E-state index >= 15 is 0 Å². The number of aryl methyl sites for hydroxylation is 1. The van der Waals surface area contributed by atoms with Crippen molar-refractivity contribution in [2.45, 2.75) is 39.2 Å². The zero-order valence-electron chi connectivity index (χ0n) is 16.0. The predicted molar refractivity (Wildman–Crippen MR) is 110 cm³/mol. The Bertz CT molecular complexity index is 849. The summed E-state index contributed by atoms with van der Waals surface area (Å²) in [5.41, 5.74) is 3.00. The number of carbonyl (C=O) groups is 3. The van der Waals surface area contributed by atoms with Crippen LogP contribution in [0.4, 0.5) is 5.69 Å². The Balaban J connectivity index is 1.61. The van der Waals surface area contributed by atoms with Crippen LogP contribution in [-0.2, 0) is 16.1 Å². The Morgan fingerprint density at radius 3 is 2.82 bits per heavy atom. The van der Waals surface area contributed by atoms with Crippen molar-refractivity contribution >= 4 is 34.7 Å². The van der Waals surface area contributed by atoms with Gasteiger partial charge in [0, 0.05) is 30.8 Å². The Kier molecular flexibility index (Phi) is 6.81. The number of hydrogen-bond donors (Lipinski definition) is 2. The molecular weight excluding hydrogens is 374 g/mol. The molecule has 2 N–H and O–H groups in total. The number of rotatable bonds is 6. The lowest BCUT2D eigenvalue weighted by Gasteiger charge is -2.20. The van der Waals surface area contributed by atoms with Crippen LogP contribution >= 0.6 is 11.3 Å². The van der Waals surface area contributed by atoms with Crippen LogP contribution in [-0.4, -0.2) is 35.7 Å². The highest BCUT2D eigenvalue weighted by Crippen LogP contribution is 2.18. The first-order valence-corrected chi connectivity index (χ1v) is 10.4. The van der Waals surface area contributed by atoms with Gasteiger partial charge in [0.05, 0.1) is 6.54 Å². The van der Waals surface area contributed by atoms with Gasteiger partial charge in [0.1, 0.15) is 0 Å². The third-order valence-electron chi connectivity index (χ3n) is 4.81. The van der Waals surface area contributed by atoms with Crippen LogP contribution in [0.3, 0.4) is 0 Å². The molecule has 2 heterocycles. The Morgan fingerprint density at radius 1 is 1.18 bits per heavy atom. The van der Waals surface area contributed by atoms with Gasteiger partial charge in [-0.2, -0.15) is 11.3 Å². The topological polar surface area (TPSA) is 78.5 Å². The molecule has 28 heavy (non-hydrogen) atoms. The van der Waals surface area contributed by atoms with Crippen LogP contribution in [0.2, 0.25) is 0 Å². The second kappa shape index (κ2) is 9.50. The van der Waals surface area contributed by atoms with Crippen LogP contribution in [0.25, 0.3) is 0 Å². The molecule has 3 amide bonds. The van der Waals surface area contributed by atoms with E-state index in [0.717, 1.165) is 30.4 Å². The maximum atomic E-state index is 12.4. The minimum atomic E-state index is -0.241. The van der Waals surface area contributed by atoms with E-state index in [-0.39, 0.29) is 24.3 Å². The van der Waals surface area contributed by atoms with Gasteiger partial charge in [-0.05, 0) is 59.9 Å². The van der Waals surface area contributed by atoms with Crippen LogP contribution in [0, 0.1) is 6.92 Å². The van der Waals surface area contributed by atoms with Crippen LogP contribution in [0.5, 0.6) is 0 Å². The lowest BCUT2D eigenvalue weighted by atomic mass is 10.1. The molecule has 0 saturated carbocycles. The number of hydrogen-bond acceptors (Lipinski definition) is 4. The van der Waals surface area contributed by atoms with E-state index in [9.17, 15) is 14.4 Å². The molecule has 0 radical (unpaired) electrons. The number of carbonyl (C=O) groups excluding carboxylic acids is 3. The first-order chi connectivity index (χ1) is 13.5. The van der Waals surface area contributed by atoms with E-state index in [1.54, 1.807) is 28.4 Å². The minimum Gasteiger partial charge on any atom is -0.348 e. The summed E-state index contributed by atoms with van der Waals surface area (Å²) < 4.78 is 0. The zero-order chi connectivity index (χ0) is 19.9. The van der Waals surface area contributed by atoms with Gasteiger partial charge in [-0.15, -0.1) is 0 Å². The zero-order valence-corrected chi connectivity index (χ0v) is 16.8. The summed E-state index contributed by atoms with van der Waals surface area (Å²) in [4.78, 5) is 38.6. The van der Waals surface area contributed by atoms with Gasteiger partial charge in [0.25, 0.3) is 5.91 Å². The standard InChI is InChI=1S/C21H25N3O3S/c1-15-6-7-17(21(27)22-12-16-8-10-28-14-16)11-18(15)23-19(25)13-24-9-4-2-3-5-20(24)26/h6-8,10-11,14H,2-5,9,12-13H2,1H3,(H,22,27)(H,23,25). The number of likely N-dealkylation sites (tertiary alicyclic amines) is 1. The van der Waals surface area contributed by atoms with Crippen LogP contribution in [0.1, 0.15) is 47.2 Å². The summed E-state index contributed by atoms with van der Waals surface area (Å²) in [6.07, 6.45) is 3.34. The number of anilines is 1. The highest BCUT2D eigenvalue weighted by atomic mass is 32.1. The van der Waals surface area contributed by atoms with Gasteiger partial charge in [-0.1, -0.05) is 12.5 Å². The summed E-state index contributed by atoms with van der Waals surface area (Å²) >= 11 is 1.59. The molecule has 7 heteroatoms. The second-order valence-corrected chi connectivity index (χ2v) is 7.80. The van der Waals surface area contributed by atoms with Gasteiger partial charge in [0.2, 0.25) is 11.8 Å². The van der Waals surface area contributed by atoms with E-state index < -0.39 is 0 Å². The monoisotopic (exact) mass is 399 g/mol. The first kappa shape index (κ1) is 20.1. The van der Waals surface area contributed by atoms with Crippen molar-refractivity contribution in [3.05, 3.63) is 51.7 Å². The molecule has 148 valence electrons. The van der Waals surface area contributed by atoms with Crippen LogP contribution in [0.15, 0.2) is 35.0 Å². The molecule has 1 aromatic heterocycles. The van der Waals surface area contributed by atoms with Crippen LogP contribution < -0.4 is 10.6 Å². The average Bonchev–Trinajstić information content (AvgIpc) is 3.12. The van der Waals surface area contributed by atoms with Crippen molar-refractivity contribution in [2.75, 3.05) is 18.4 Å². The lowest BCUT2D eigenvalue weighted by molar-refractivity contribution is -0.134. The lowest BCUT2D eigenvalue weighted by Crippen LogP contribution is -2.37. The third-order valence-corrected chi connectivity index (χ3v) is 5.54. The third kappa shape index (κ3) is 5.42. The van der Waals surface area contributed by atoms with E-state index in [1.807, 2.05) is 29.8 Å². The summed E-state index contributed by atoms with van der Waals surface area (Å²) in [6.45, 7) is 3.01. The van der Waals surface area contributed by atoms with Gasteiger partial charge < -0.3 is 15.5 Å². The highest BCUT2D eigenvalue weighted by molar-refractivity contribution is 7.07. The Hall–Kier alpha value is -2.67. The molecular formula is C21H25N3O3S. The summed E-state index contributed by atoms with van der Waals surface area (Å²) in [5, 5.41) is 9.69. The molecule has 1 saturated heterocycles. The molecule has 1 fully saturated rings. The van der Waals surface area contributed by atoms with Gasteiger partial charge >= 0.3 is 0 Å². The molecule has 0 bridgehead atoms. The quantitative estimate of drug-likeness (QED) is 0.782. The molecule has 6 nitrogen and oxygen atoms in total. The van der Waals surface area contributed by atoms with E-state index in [0.29, 0.717) is 30.8 Å². The molecule has 0 aliphatic carbocycles. The predicted octanol–water partition coefficient (Wildman–Crippen LogP) is 3.33. The number of nitrogens with one attached hydrogen (secondary N) is 2. The Labute approximate surface area is 168 Å². The molecule has 3 rings (SSSR count). The van der Waals surface area contributed by atoms with Crippen molar-refractivity contribution in [3.63, 3.8) is 0 Å². The number of benzene rings is 1. The molecule has 1 aromatic carbocycles. The first-order valence-electron chi connectivity index (χ1n) is 9.50.